The van der Waals surface area contributed by atoms with E-state index in [4.69, 9.17) is 4.74 Å². The number of anilines is 2. The summed E-state index contributed by atoms with van der Waals surface area (Å²) in [4.78, 5) is 26.2. The van der Waals surface area contributed by atoms with Crippen molar-refractivity contribution in [2.75, 3.05) is 16.8 Å². The summed E-state index contributed by atoms with van der Waals surface area (Å²) < 4.78 is 5.81. The minimum atomic E-state index is -0.628. The first-order chi connectivity index (χ1) is 11.2. The van der Waals surface area contributed by atoms with E-state index in [1.165, 1.54) is 4.90 Å². The lowest BCUT2D eigenvalue weighted by Crippen LogP contribution is -2.48. The van der Waals surface area contributed by atoms with E-state index >= 15 is 0 Å². The maximum absolute atomic E-state index is 12.9. The van der Waals surface area contributed by atoms with E-state index in [2.05, 4.69) is 5.32 Å². The smallest absolute Gasteiger partial charge is 0.268 e. The summed E-state index contributed by atoms with van der Waals surface area (Å²) in [6.45, 7) is 1.89. The van der Waals surface area contributed by atoms with Crippen LogP contribution in [0.2, 0.25) is 0 Å². The standard InChI is InChI=1S/C18H18N2O3/c1-2-16(23-13-8-4-3-5-9-13)18(22)20-12-17(21)19-14-10-6-7-11-15(14)20/h3-11,16H,2,12H2,1H3,(H,19,21)/t16-/m1/s1. The van der Waals surface area contributed by atoms with Crippen molar-refractivity contribution in [3.05, 3.63) is 54.6 Å². The Morgan fingerprint density at radius 3 is 2.61 bits per heavy atom. The van der Waals surface area contributed by atoms with Crippen molar-refractivity contribution in [1.82, 2.24) is 0 Å². The molecule has 0 bridgehead atoms. The average molecular weight is 310 g/mol. The Morgan fingerprint density at radius 1 is 1.17 bits per heavy atom. The van der Waals surface area contributed by atoms with Crippen molar-refractivity contribution in [2.24, 2.45) is 0 Å². The highest BCUT2D eigenvalue weighted by Crippen LogP contribution is 2.30. The van der Waals surface area contributed by atoms with Crippen molar-refractivity contribution >= 4 is 23.2 Å². The van der Waals surface area contributed by atoms with Gasteiger partial charge < -0.3 is 10.1 Å². The zero-order valence-electron chi connectivity index (χ0n) is 12.9. The molecule has 5 nitrogen and oxygen atoms in total. The molecule has 1 heterocycles. The molecule has 1 N–H and O–H groups in total. The molecule has 1 aliphatic rings. The third-order valence-corrected chi connectivity index (χ3v) is 3.70. The van der Waals surface area contributed by atoms with Gasteiger partial charge in [0.05, 0.1) is 11.4 Å². The van der Waals surface area contributed by atoms with Crippen LogP contribution < -0.4 is 15.0 Å². The van der Waals surface area contributed by atoms with Gasteiger partial charge in [0.25, 0.3) is 5.91 Å². The number of nitrogens with zero attached hydrogens (tertiary/aromatic N) is 1. The molecule has 3 rings (SSSR count). The Morgan fingerprint density at radius 2 is 1.87 bits per heavy atom. The first kappa shape index (κ1) is 15.1. The van der Waals surface area contributed by atoms with Gasteiger partial charge in [-0.1, -0.05) is 37.3 Å². The summed E-state index contributed by atoms with van der Waals surface area (Å²) in [6.07, 6.45) is -0.107. The van der Waals surface area contributed by atoms with Crippen LogP contribution in [0.4, 0.5) is 11.4 Å². The maximum Gasteiger partial charge on any atom is 0.268 e. The van der Waals surface area contributed by atoms with E-state index in [0.29, 0.717) is 23.5 Å². The summed E-state index contributed by atoms with van der Waals surface area (Å²) in [5.74, 6) is 0.229. The van der Waals surface area contributed by atoms with Crippen molar-refractivity contribution in [3.8, 4) is 5.75 Å². The van der Waals surface area contributed by atoms with Crippen LogP contribution in [0.1, 0.15) is 13.3 Å². The molecule has 23 heavy (non-hydrogen) atoms. The van der Waals surface area contributed by atoms with Crippen LogP contribution in [0, 0.1) is 0 Å². The number of ether oxygens (including phenoxy) is 1. The lowest BCUT2D eigenvalue weighted by atomic mass is 10.1. The molecule has 0 fully saturated rings. The van der Waals surface area contributed by atoms with Crippen LogP contribution in [-0.4, -0.2) is 24.5 Å². The fourth-order valence-electron chi connectivity index (χ4n) is 2.58. The number of hydrogen-bond donors (Lipinski definition) is 1. The van der Waals surface area contributed by atoms with Gasteiger partial charge in [-0.2, -0.15) is 0 Å². The molecule has 2 aromatic carbocycles. The molecule has 0 radical (unpaired) electrons. The highest BCUT2D eigenvalue weighted by atomic mass is 16.5. The fourth-order valence-corrected chi connectivity index (χ4v) is 2.58. The molecule has 1 aliphatic heterocycles. The van der Waals surface area contributed by atoms with E-state index in [-0.39, 0.29) is 18.4 Å². The van der Waals surface area contributed by atoms with Gasteiger partial charge in [0.2, 0.25) is 5.91 Å². The summed E-state index contributed by atoms with van der Waals surface area (Å²) in [5, 5.41) is 2.78. The number of carbonyl (C=O) groups is 2. The molecule has 5 heteroatoms. The van der Waals surface area contributed by atoms with Gasteiger partial charge >= 0.3 is 0 Å². The Kier molecular flexibility index (Phi) is 4.28. The molecule has 0 saturated heterocycles. The molecule has 2 aromatic rings. The lowest BCUT2D eigenvalue weighted by Gasteiger charge is -2.31. The third kappa shape index (κ3) is 3.18. The van der Waals surface area contributed by atoms with Crippen molar-refractivity contribution in [2.45, 2.75) is 19.4 Å². The summed E-state index contributed by atoms with van der Waals surface area (Å²) in [7, 11) is 0. The lowest BCUT2D eigenvalue weighted by molar-refractivity contribution is -0.127. The minimum absolute atomic E-state index is 0.00446. The van der Waals surface area contributed by atoms with Gasteiger partial charge in [0.1, 0.15) is 12.3 Å². The number of carbonyl (C=O) groups excluding carboxylic acids is 2. The van der Waals surface area contributed by atoms with Gasteiger partial charge in [0, 0.05) is 0 Å². The van der Waals surface area contributed by atoms with Gasteiger partial charge in [-0.15, -0.1) is 0 Å². The average Bonchev–Trinajstić information content (AvgIpc) is 2.59. The monoisotopic (exact) mass is 310 g/mol. The van der Waals surface area contributed by atoms with Gasteiger partial charge in [-0.25, -0.2) is 0 Å². The number of benzene rings is 2. The third-order valence-electron chi connectivity index (χ3n) is 3.70. The molecule has 2 amide bonds. The molecule has 1 atom stereocenters. The molecular weight excluding hydrogens is 292 g/mol. The molecule has 0 aliphatic carbocycles. The van der Waals surface area contributed by atoms with Gasteiger partial charge in [-0.05, 0) is 30.7 Å². The maximum atomic E-state index is 12.9. The van der Waals surface area contributed by atoms with Crippen molar-refractivity contribution < 1.29 is 14.3 Å². The second-order valence-electron chi connectivity index (χ2n) is 5.32. The Balaban J connectivity index is 1.85. The number of rotatable bonds is 4. The molecule has 118 valence electrons. The number of nitrogens with one attached hydrogen (secondary N) is 1. The first-order valence-corrected chi connectivity index (χ1v) is 7.61. The van der Waals surface area contributed by atoms with Crippen molar-refractivity contribution in [3.63, 3.8) is 0 Å². The van der Waals surface area contributed by atoms with Gasteiger partial charge in [0.15, 0.2) is 6.10 Å². The highest BCUT2D eigenvalue weighted by Gasteiger charge is 2.31. The second-order valence-corrected chi connectivity index (χ2v) is 5.32. The number of para-hydroxylation sites is 3. The van der Waals surface area contributed by atoms with Gasteiger partial charge in [-0.3, -0.25) is 14.5 Å². The van der Waals surface area contributed by atoms with E-state index < -0.39 is 6.10 Å². The van der Waals surface area contributed by atoms with Crippen LogP contribution >= 0.6 is 0 Å². The van der Waals surface area contributed by atoms with Crippen LogP contribution in [-0.2, 0) is 9.59 Å². The SMILES string of the molecule is CC[C@@H](Oc1ccccc1)C(=O)N1CC(=O)Nc2ccccc21. The summed E-state index contributed by atoms with van der Waals surface area (Å²) in [5.41, 5.74) is 1.35. The zero-order chi connectivity index (χ0) is 16.2. The largest absolute Gasteiger partial charge is 0.481 e. The minimum Gasteiger partial charge on any atom is -0.481 e. The normalized spacial score (nSPS) is 14.7. The molecular formula is C18H18N2O3. The van der Waals surface area contributed by atoms with E-state index in [1.54, 1.807) is 6.07 Å². The zero-order valence-corrected chi connectivity index (χ0v) is 12.9. The second kappa shape index (κ2) is 6.52. The molecule has 0 spiro atoms. The predicted octanol–water partition coefficient (Wildman–Crippen LogP) is 2.83. The van der Waals surface area contributed by atoms with Crippen LogP contribution in [0.25, 0.3) is 0 Å². The van der Waals surface area contributed by atoms with E-state index in [0.717, 1.165) is 0 Å². The topological polar surface area (TPSA) is 58.6 Å². The highest BCUT2D eigenvalue weighted by molar-refractivity contribution is 6.11. The summed E-state index contributed by atoms with van der Waals surface area (Å²) >= 11 is 0. The molecule has 0 unspecified atom stereocenters. The quantitative estimate of drug-likeness (QED) is 0.944. The Bertz CT molecular complexity index is 715. The van der Waals surface area contributed by atoms with Crippen molar-refractivity contribution in [1.29, 1.82) is 0 Å². The number of hydrogen-bond acceptors (Lipinski definition) is 3. The number of fused-ring (bicyclic) bond motifs is 1. The van der Waals surface area contributed by atoms with Crippen LogP contribution in [0.3, 0.4) is 0 Å². The van der Waals surface area contributed by atoms with Crippen LogP contribution in [0.15, 0.2) is 54.6 Å². The predicted molar refractivity (Wildman–Crippen MR) is 88.6 cm³/mol. The molecule has 0 aromatic heterocycles. The fraction of sp³-hybridized carbons (Fsp3) is 0.222. The van der Waals surface area contributed by atoms with E-state index in [1.807, 2.05) is 55.5 Å². The number of amides is 2. The molecule has 0 saturated carbocycles. The first-order valence-electron chi connectivity index (χ1n) is 7.61. The van der Waals surface area contributed by atoms with E-state index in [9.17, 15) is 9.59 Å². The van der Waals surface area contributed by atoms with Crippen LogP contribution in [0.5, 0.6) is 5.75 Å². The summed E-state index contributed by atoms with van der Waals surface area (Å²) in [6, 6.07) is 16.5. The Hall–Kier alpha value is -2.82. The Labute approximate surface area is 134 Å².